The van der Waals surface area contributed by atoms with Crippen molar-refractivity contribution in [1.29, 1.82) is 0 Å². The van der Waals surface area contributed by atoms with Gasteiger partial charge in [-0.05, 0) is 56.2 Å². The van der Waals surface area contributed by atoms with Crippen LogP contribution in [-0.2, 0) is 34.6 Å². The molecule has 0 amide bonds. The molecule has 1 atom stereocenters. The van der Waals surface area contributed by atoms with Crippen LogP contribution < -0.4 is 5.56 Å². The fourth-order valence-corrected chi connectivity index (χ4v) is 6.49. The van der Waals surface area contributed by atoms with Gasteiger partial charge in [-0.2, -0.15) is 0 Å². The summed E-state index contributed by atoms with van der Waals surface area (Å²) < 4.78 is 17.9. The average molecular weight is 461 g/mol. The van der Waals surface area contributed by atoms with Gasteiger partial charge >= 0.3 is 5.97 Å². The van der Waals surface area contributed by atoms with Crippen LogP contribution >= 0.6 is 23.1 Å². The standard InChI is InChI=1S/C22H24N2O5S2/c1-27-21(26)16-9-8-14(29-16)12-30-22-23-19-18(15-6-2-3-7-17(15)31-19)20(25)24(22)11-13-5-4-10-28-13/h8-9,13H,2-7,10-12H2,1H3/t13-/m0/s1. The van der Waals surface area contributed by atoms with Crippen LogP contribution in [0, 0.1) is 0 Å². The van der Waals surface area contributed by atoms with E-state index >= 15 is 0 Å². The van der Waals surface area contributed by atoms with Gasteiger partial charge < -0.3 is 13.9 Å². The van der Waals surface area contributed by atoms with Crippen molar-refractivity contribution in [1.82, 2.24) is 9.55 Å². The maximum atomic E-state index is 13.6. The molecular formula is C22H24N2O5S2. The van der Waals surface area contributed by atoms with Crippen molar-refractivity contribution in [2.24, 2.45) is 0 Å². The lowest BCUT2D eigenvalue weighted by molar-refractivity contribution is 0.0563. The first-order valence-corrected chi connectivity index (χ1v) is 12.4. The van der Waals surface area contributed by atoms with Crippen LogP contribution in [0.4, 0.5) is 0 Å². The highest BCUT2D eigenvalue weighted by Crippen LogP contribution is 2.35. The van der Waals surface area contributed by atoms with Crippen molar-refractivity contribution in [3.8, 4) is 0 Å². The zero-order valence-corrected chi connectivity index (χ0v) is 19.0. The second-order valence-corrected chi connectivity index (χ2v) is 9.91. The maximum absolute atomic E-state index is 13.6. The van der Waals surface area contributed by atoms with Crippen LogP contribution in [0.25, 0.3) is 10.2 Å². The van der Waals surface area contributed by atoms with Gasteiger partial charge in [0.15, 0.2) is 5.16 Å². The number of ether oxygens (including phenoxy) is 2. The predicted octanol–water partition coefficient (Wildman–Crippen LogP) is 4.19. The quantitative estimate of drug-likeness (QED) is 0.310. The Balaban J connectivity index is 1.49. The number of nitrogens with zero attached hydrogens (tertiary/aromatic N) is 2. The molecule has 9 heteroatoms. The van der Waals surface area contributed by atoms with E-state index in [1.54, 1.807) is 28.0 Å². The number of hydrogen-bond acceptors (Lipinski definition) is 8. The van der Waals surface area contributed by atoms with Crippen LogP contribution in [-0.4, -0.2) is 35.3 Å². The molecule has 2 aliphatic rings. The highest BCUT2D eigenvalue weighted by molar-refractivity contribution is 7.98. The van der Waals surface area contributed by atoms with Gasteiger partial charge in [0.05, 0.1) is 30.9 Å². The van der Waals surface area contributed by atoms with Crippen molar-refractivity contribution in [3.05, 3.63) is 44.4 Å². The van der Waals surface area contributed by atoms with Gasteiger partial charge in [0.1, 0.15) is 10.6 Å². The molecule has 164 valence electrons. The van der Waals surface area contributed by atoms with Crippen molar-refractivity contribution in [3.63, 3.8) is 0 Å². The van der Waals surface area contributed by atoms with E-state index in [1.165, 1.54) is 35.7 Å². The van der Waals surface area contributed by atoms with Gasteiger partial charge in [-0.15, -0.1) is 11.3 Å². The molecule has 1 aliphatic carbocycles. The fourth-order valence-electron chi connectivity index (χ4n) is 4.28. The number of esters is 1. The number of thioether (sulfide) groups is 1. The Labute approximate surface area is 187 Å². The Morgan fingerprint density at radius 1 is 1.32 bits per heavy atom. The number of aryl methyl sites for hydroxylation is 2. The summed E-state index contributed by atoms with van der Waals surface area (Å²) in [5.41, 5.74) is 1.24. The lowest BCUT2D eigenvalue weighted by atomic mass is 9.97. The molecule has 0 aromatic carbocycles. The number of aromatic nitrogens is 2. The average Bonchev–Trinajstić information content (AvgIpc) is 3.53. The van der Waals surface area contributed by atoms with E-state index < -0.39 is 5.97 Å². The van der Waals surface area contributed by atoms with Crippen LogP contribution in [0.15, 0.2) is 26.5 Å². The van der Waals surface area contributed by atoms with Gasteiger partial charge in [0, 0.05) is 11.5 Å². The van der Waals surface area contributed by atoms with E-state index in [0.29, 0.717) is 23.2 Å². The molecule has 31 heavy (non-hydrogen) atoms. The Morgan fingerprint density at radius 3 is 3.00 bits per heavy atom. The van der Waals surface area contributed by atoms with Gasteiger partial charge in [0.25, 0.3) is 5.56 Å². The van der Waals surface area contributed by atoms with E-state index in [0.717, 1.165) is 48.9 Å². The van der Waals surface area contributed by atoms with Crippen molar-refractivity contribution in [2.75, 3.05) is 13.7 Å². The minimum atomic E-state index is -0.504. The summed E-state index contributed by atoms with van der Waals surface area (Å²) in [7, 11) is 1.32. The number of hydrogen-bond donors (Lipinski definition) is 0. The Kier molecular flexibility index (Phi) is 5.90. The monoisotopic (exact) mass is 460 g/mol. The molecule has 0 unspecified atom stereocenters. The maximum Gasteiger partial charge on any atom is 0.373 e. The van der Waals surface area contributed by atoms with Gasteiger partial charge in [-0.25, -0.2) is 9.78 Å². The molecule has 5 rings (SSSR count). The Bertz CT molecular complexity index is 1170. The summed E-state index contributed by atoms with van der Waals surface area (Å²) in [5.74, 6) is 0.763. The zero-order chi connectivity index (χ0) is 21.4. The number of methoxy groups -OCH3 is 1. The summed E-state index contributed by atoms with van der Waals surface area (Å²) >= 11 is 3.11. The Hall–Kier alpha value is -2.10. The van der Waals surface area contributed by atoms with Gasteiger partial charge in [0.2, 0.25) is 5.76 Å². The van der Waals surface area contributed by atoms with Crippen molar-refractivity contribution >= 4 is 39.3 Å². The third kappa shape index (κ3) is 4.06. The van der Waals surface area contributed by atoms with Crippen LogP contribution in [0.2, 0.25) is 0 Å². The minimum absolute atomic E-state index is 0.0390. The second-order valence-electron chi connectivity index (χ2n) is 7.88. The van der Waals surface area contributed by atoms with E-state index in [2.05, 4.69) is 0 Å². The number of carbonyl (C=O) groups is 1. The number of rotatable bonds is 6. The molecule has 0 radical (unpaired) electrons. The number of fused-ring (bicyclic) bond motifs is 3. The molecule has 0 saturated carbocycles. The number of thiophene rings is 1. The molecule has 1 fully saturated rings. The summed E-state index contributed by atoms with van der Waals surface area (Å²) in [6, 6.07) is 3.36. The molecule has 0 bridgehead atoms. The topological polar surface area (TPSA) is 83.6 Å². The van der Waals surface area contributed by atoms with Crippen molar-refractivity contribution < 1.29 is 18.7 Å². The van der Waals surface area contributed by atoms with Crippen LogP contribution in [0.5, 0.6) is 0 Å². The lowest BCUT2D eigenvalue weighted by Gasteiger charge is -2.16. The Morgan fingerprint density at radius 2 is 2.19 bits per heavy atom. The summed E-state index contributed by atoms with van der Waals surface area (Å²) in [6.07, 6.45) is 6.31. The van der Waals surface area contributed by atoms with E-state index in [1.807, 2.05) is 0 Å². The van der Waals surface area contributed by atoms with Gasteiger partial charge in [-0.1, -0.05) is 11.8 Å². The van der Waals surface area contributed by atoms with Crippen LogP contribution in [0.1, 0.15) is 52.4 Å². The highest BCUT2D eigenvalue weighted by Gasteiger charge is 2.25. The fraction of sp³-hybridized carbons (Fsp3) is 0.500. The molecule has 0 N–H and O–H groups in total. The molecular weight excluding hydrogens is 436 g/mol. The summed E-state index contributed by atoms with van der Waals surface area (Å²) in [4.78, 5) is 32.3. The minimum Gasteiger partial charge on any atom is -0.463 e. The molecule has 7 nitrogen and oxygen atoms in total. The third-order valence-electron chi connectivity index (χ3n) is 5.84. The first-order chi connectivity index (χ1) is 15.1. The molecule has 3 aromatic heterocycles. The predicted molar refractivity (Wildman–Crippen MR) is 119 cm³/mol. The first kappa shape index (κ1) is 20.8. The van der Waals surface area contributed by atoms with Gasteiger partial charge in [-0.3, -0.25) is 9.36 Å². The normalized spacial score (nSPS) is 18.4. The van der Waals surface area contributed by atoms with Crippen molar-refractivity contribution in [2.45, 2.75) is 62.1 Å². The second kappa shape index (κ2) is 8.80. The SMILES string of the molecule is COC(=O)c1ccc(CSc2nc3sc4c(c3c(=O)n2C[C@@H]2CCCO2)CCCC4)o1. The molecule has 1 saturated heterocycles. The van der Waals surface area contributed by atoms with E-state index in [4.69, 9.17) is 18.9 Å². The van der Waals surface area contributed by atoms with Crippen LogP contribution in [0.3, 0.4) is 0 Å². The summed E-state index contributed by atoms with van der Waals surface area (Å²) in [6.45, 7) is 1.26. The smallest absolute Gasteiger partial charge is 0.373 e. The number of furan rings is 1. The molecule has 4 heterocycles. The van der Waals surface area contributed by atoms with E-state index in [9.17, 15) is 9.59 Å². The molecule has 1 aliphatic heterocycles. The molecule has 0 spiro atoms. The molecule has 3 aromatic rings. The lowest BCUT2D eigenvalue weighted by Crippen LogP contribution is -2.29. The first-order valence-electron chi connectivity index (χ1n) is 10.6. The third-order valence-corrected chi connectivity index (χ3v) is 8.03. The highest BCUT2D eigenvalue weighted by atomic mass is 32.2. The van der Waals surface area contributed by atoms with E-state index in [-0.39, 0.29) is 17.4 Å². The largest absolute Gasteiger partial charge is 0.463 e. The number of carbonyl (C=O) groups excluding carboxylic acids is 1. The zero-order valence-electron chi connectivity index (χ0n) is 17.3. The summed E-state index contributed by atoms with van der Waals surface area (Å²) in [5, 5.41) is 1.47.